The molecule has 3 rings (SSSR count). The second kappa shape index (κ2) is 7.51. The standard InChI is InChI=1S/C18H22N2O2S/c1-22-17-5-3-16(4-6-17)19-9-11-20(12-10-19)18(21)7-2-15-8-13-23-14-15/h3-6,8,13-14H,2,7,9-12H2,1H3. The Morgan fingerprint density at radius 2 is 1.87 bits per heavy atom. The van der Waals surface area contributed by atoms with Crippen molar-refractivity contribution < 1.29 is 9.53 Å². The molecule has 2 aromatic rings. The van der Waals surface area contributed by atoms with Gasteiger partial charge in [-0.05, 0) is 53.1 Å². The first kappa shape index (κ1) is 15.9. The van der Waals surface area contributed by atoms with E-state index in [1.807, 2.05) is 17.0 Å². The lowest BCUT2D eigenvalue weighted by Crippen LogP contribution is -2.48. The maximum atomic E-state index is 12.3. The van der Waals surface area contributed by atoms with Gasteiger partial charge in [0, 0.05) is 38.3 Å². The number of carbonyl (C=O) groups excluding carboxylic acids is 1. The fourth-order valence-electron chi connectivity index (χ4n) is 2.85. The number of nitrogens with zero attached hydrogens (tertiary/aromatic N) is 2. The third-order valence-electron chi connectivity index (χ3n) is 4.28. The Kier molecular flexibility index (Phi) is 5.18. The highest BCUT2D eigenvalue weighted by molar-refractivity contribution is 7.07. The van der Waals surface area contributed by atoms with Gasteiger partial charge in [-0.25, -0.2) is 0 Å². The Morgan fingerprint density at radius 3 is 2.48 bits per heavy atom. The van der Waals surface area contributed by atoms with Crippen molar-refractivity contribution in [3.63, 3.8) is 0 Å². The molecule has 1 aliphatic heterocycles. The summed E-state index contributed by atoms with van der Waals surface area (Å²) in [6, 6.07) is 10.2. The molecule has 0 saturated carbocycles. The van der Waals surface area contributed by atoms with Gasteiger partial charge in [0.25, 0.3) is 0 Å². The maximum Gasteiger partial charge on any atom is 0.223 e. The van der Waals surface area contributed by atoms with Crippen LogP contribution in [0.25, 0.3) is 0 Å². The van der Waals surface area contributed by atoms with Gasteiger partial charge in [-0.3, -0.25) is 4.79 Å². The van der Waals surface area contributed by atoms with Crippen LogP contribution in [0.15, 0.2) is 41.1 Å². The highest BCUT2D eigenvalue weighted by Crippen LogP contribution is 2.20. The van der Waals surface area contributed by atoms with E-state index in [4.69, 9.17) is 4.74 Å². The van der Waals surface area contributed by atoms with Crippen LogP contribution in [0.1, 0.15) is 12.0 Å². The molecule has 122 valence electrons. The predicted molar refractivity (Wildman–Crippen MR) is 94.4 cm³/mol. The Hall–Kier alpha value is -2.01. The molecule has 1 fully saturated rings. The van der Waals surface area contributed by atoms with Crippen LogP contribution in [-0.2, 0) is 11.2 Å². The van der Waals surface area contributed by atoms with Crippen molar-refractivity contribution in [1.29, 1.82) is 0 Å². The van der Waals surface area contributed by atoms with Crippen LogP contribution in [-0.4, -0.2) is 44.1 Å². The van der Waals surface area contributed by atoms with Crippen LogP contribution < -0.4 is 9.64 Å². The number of benzene rings is 1. The molecule has 0 unspecified atom stereocenters. The van der Waals surface area contributed by atoms with Crippen LogP contribution in [0.5, 0.6) is 5.75 Å². The van der Waals surface area contributed by atoms with Crippen molar-refractivity contribution in [1.82, 2.24) is 4.90 Å². The van der Waals surface area contributed by atoms with E-state index in [1.165, 1.54) is 11.3 Å². The predicted octanol–water partition coefficient (Wildman–Crippen LogP) is 3.04. The summed E-state index contributed by atoms with van der Waals surface area (Å²) in [5, 5.41) is 4.18. The first-order valence-corrected chi connectivity index (χ1v) is 8.88. The summed E-state index contributed by atoms with van der Waals surface area (Å²) >= 11 is 1.69. The van der Waals surface area contributed by atoms with E-state index in [2.05, 4.69) is 33.9 Å². The van der Waals surface area contributed by atoms with Gasteiger partial charge in [0.1, 0.15) is 5.75 Å². The fourth-order valence-corrected chi connectivity index (χ4v) is 3.55. The molecule has 0 N–H and O–H groups in total. The number of hydrogen-bond donors (Lipinski definition) is 0. The van der Waals surface area contributed by atoms with Gasteiger partial charge in [0.05, 0.1) is 7.11 Å². The normalized spacial score (nSPS) is 14.8. The average molecular weight is 330 g/mol. The molecular weight excluding hydrogens is 308 g/mol. The molecule has 1 aromatic heterocycles. The SMILES string of the molecule is COc1ccc(N2CCN(C(=O)CCc3ccsc3)CC2)cc1. The fraction of sp³-hybridized carbons (Fsp3) is 0.389. The number of aryl methyl sites for hydroxylation is 1. The quantitative estimate of drug-likeness (QED) is 0.845. The average Bonchev–Trinajstić information content (AvgIpc) is 3.13. The summed E-state index contributed by atoms with van der Waals surface area (Å²) in [5.41, 5.74) is 2.45. The zero-order valence-corrected chi connectivity index (χ0v) is 14.2. The number of amides is 1. The maximum absolute atomic E-state index is 12.3. The highest BCUT2D eigenvalue weighted by atomic mass is 32.1. The lowest BCUT2D eigenvalue weighted by atomic mass is 10.1. The zero-order chi connectivity index (χ0) is 16.1. The third-order valence-corrected chi connectivity index (χ3v) is 5.01. The van der Waals surface area contributed by atoms with Crippen LogP contribution >= 0.6 is 11.3 Å². The zero-order valence-electron chi connectivity index (χ0n) is 13.4. The van der Waals surface area contributed by atoms with Gasteiger partial charge in [0.2, 0.25) is 5.91 Å². The van der Waals surface area contributed by atoms with Crippen LogP contribution in [0.4, 0.5) is 5.69 Å². The van der Waals surface area contributed by atoms with Crippen molar-refractivity contribution >= 4 is 22.9 Å². The van der Waals surface area contributed by atoms with Crippen molar-refractivity contribution in [3.05, 3.63) is 46.7 Å². The number of methoxy groups -OCH3 is 1. The van der Waals surface area contributed by atoms with E-state index in [9.17, 15) is 4.79 Å². The van der Waals surface area contributed by atoms with Crippen molar-refractivity contribution in [2.45, 2.75) is 12.8 Å². The van der Waals surface area contributed by atoms with E-state index < -0.39 is 0 Å². The molecule has 4 nitrogen and oxygen atoms in total. The summed E-state index contributed by atoms with van der Waals surface area (Å²) in [4.78, 5) is 16.6. The van der Waals surface area contributed by atoms with E-state index in [0.29, 0.717) is 6.42 Å². The van der Waals surface area contributed by atoms with E-state index in [1.54, 1.807) is 18.4 Å². The van der Waals surface area contributed by atoms with Gasteiger partial charge < -0.3 is 14.5 Å². The first-order valence-electron chi connectivity index (χ1n) is 7.94. The molecule has 0 bridgehead atoms. The van der Waals surface area contributed by atoms with Gasteiger partial charge in [-0.2, -0.15) is 11.3 Å². The number of thiophene rings is 1. The van der Waals surface area contributed by atoms with Crippen molar-refractivity contribution in [2.75, 3.05) is 38.2 Å². The number of hydrogen-bond acceptors (Lipinski definition) is 4. The van der Waals surface area contributed by atoms with Crippen LogP contribution in [0, 0.1) is 0 Å². The van der Waals surface area contributed by atoms with E-state index >= 15 is 0 Å². The van der Waals surface area contributed by atoms with Gasteiger partial charge in [0.15, 0.2) is 0 Å². The molecule has 1 aliphatic rings. The summed E-state index contributed by atoms with van der Waals surface area (Å²) in [5.74, 6) is 1.14. The minimum atomic E-state index is 0.269. The van der Waals surface area contributed by atoms with E-state index in [-0.39, 0.29) is 5.91 Å². The molecule has 23 heavy (non-hydrogen) atoms. The number of piperazine rings is 1. The monoisotopic (exact) mass is 330 g/mol. The largest absolute Gasteiger partial charge is 0.497 e. The number of anilines is 1. The molecular formula is C18H22N2O2S. The Balaban J connectivity index is 1.48. The van der Waals surface area contributed by atoms with Crippen LogP contribution in [0.2, 0.25) is 0 Å². The lowest BCUT2D eigenvalue weighted by molar-refractivity contribution is -0.131. The highest BCUT2D eigenvalue weighted by Gasteiger charge is 2.21. The molecule has 2 heterocycles. The lowest BCUT2D eigenvalue weighted by Gasteiger charge is -2.36. The molecule has 0 spiro atoms. The van der Waals surface area contributed by atoms with Gasteiger partial charge >= 0.3 is 0 Å². The molecule has 1 saturated heterocycles. The summed E-state index contributed by atoms with van der Waals surface area (Å²) in [6.07, 6.45) is 1.46. The van der Waals surface area contributed by atoms with Gasteiger partial charge in [-0.15, -0.1) is 0 Å². The molecule has 0 radical (unpaired) electrons. The van der Waals surface area contributed by atoms with E-state index in [0.717, 1.165) is 38.3 Å². The smallest absolute Gasteiger partial charge is 0.223 e. The Bertz CT molecular complexity index is 617. The molecule has 0 atom stereocenters. The summed E-state index contributed by atoms with van der Waals surface area (Å²) in [7, 11) is 1.68. The second-order valence-electron chi connectivity index (χ2n) is 5.70. The number of ether oxygens (including phenoxy) is 1. The molecule has 5 heteroatoms. The van der Waals surface area contributed by atoms with Gasteiger partial charge in [-0.1, -0.05) is 0 Å². The van der Waals surface area contributed by atoms with Crippen LogP contribution in [0.3, 0.4) is 0 Å². The third kappa shape index (κ3) is 4.05. The van der Waals surface area contributed by atoms with Crippen molar-refractivity contribution in [3.8, 4) is 5.75 Å². The van der Waals surface area contributed by atoms with Crippen molar-refractivity contribution in [2.24, 2.45) is 0 Å². The number of carbonyl (C=O) groups is 1. The summed E-state index contributed by atoms with van der Waals surface area (Å²) in [6.45, 7) is 3.37. The molecule has 0 aliphatic carbocycles. The topological polar surface area (TPSA) is 32.8 Å². The Morgan fingerprint density at radius 1 is 1.13 bits per heavy atom. The summed E-state index contributed by atoms with van der Waals surface area (Å²) < 4.78 is 5.19. The number of rotatable bonds is 5. The minimum Gasteiger partial charge on any atom is -0.497 e. The molecule has 1 amide bonds. The minimum absolute atomic E-state index is 0.269. The Labute approximate surface area is 141 Å². The molecule has 1 aromatic carbocycles. The second-order valence-corrected chi connectivity index (χ2v) is 6.48. The first-order chi connectivity index (χ1) is 11.3.